The second-order valence-corrected chi connectivity index (χ2v) is 5.16. The minimum absolute atomic E-state index is 0. The molecular weight excluding hydrogens is 292 g/mol. The SMILES string of the molecule is CN(CCOc1ccccc1)C(=O)C1(N)CCOCC1.Cl. The number of nitrogens with two attached hydrogens (primary N) is 1. The quantitative estimate of drug-likeness (QED) is 0.893. The van der Waals surface area contributed by atoms with E-state index in [9.17, 15) is 4.79 Å². The number of nitrogens with zero attached hydrogens (tertiary/aromatic N) is 1. The molecule has 0 atom stereocenters. The van der Waals surface area contributed by atoms with Gasteiger partial charge in [-0.3, -0.25) is 4.79 Å². The number of halogens is 1. The monoisotopic (exact) mass is 314 g/mol. The van der Waals surface area contributed by atoms with Gasteiger partial charge in [0, 0.05) is 20.3 Å². The Hall–Kier alpha value is -1.30. The zero-order chi connectivity index (χ0) is 14.4. The number of hydrogen-bond donors (Lipinski definition) is 1. The van der Waals surface area contributed by atoms with Gasteiger partial charge in [-0.2, -0.15) is 0 Å². The molecule has 5 nitrogen and oxygen atoms in total. The van der Waals surface area contributed by atoms with E-state index < -0.39 is 5.54 Å². The molecule has 0 unspecified atom stereocenters. The summed E-state index contributed by atoms with van der Waals surface area (Å²) in [6.45, 7) is 2.08. The van der Waals surface area contributed by atoms with Crippen LogP contribution in [0.2, 0.25) is 0 Å². The number of rotatable bonds is 5. The highest BCUT2D eigenvalue weighted by molar-refractivity contribution is 5.86. The van der Waals surface area contributed by atoms with Crippen molar-refractivity contribution in [2.24, 2.45) is 5.73 Å². The second-order valence-electron chi connectivity index (χ2n) is 5.16. The number of likely N-dealkylation sites (N-methyl/N-ethyl adjacent to an activating group) is 1. The normalized spacial score (nSPS) is 16.7. The van der Waals surface area contributed by atoms with Crippen LogP contribution < -0.4 is 10.5 Å². The smallest absolute Gasteiger partial charge is 0.242 e. The number of para-hydroxylation sites is 1. The van der Waals surface area contributed by atoms with Gasteiger partial charge in [0.1, 0.15) is 12.4 Å². The van der Waals surface area contributed by atoms with E-state index in [1.807, 2.05) is 30.3 Å². The lowest BCUT2D eigenvalue weighted by Crippen LogP contribution is -2.57. The van der Waals surface area contributed by atoms with Gasteiger partial charge in [0.2, 0.25) is 5.91 Å². The van der Waals surface area contributed by atoms with Gasteiger partial charge in [-0.1, -0.05) is 18.2 Å². The maximum absolute atomic E-state index is 12.4. The van der Waals surface area contributed by atoms with Crippen LogP contribution in [0.15, 0.2) is 30.3 Å². The molecule has 0 bridgehead atoms. The fourth-order valence-electron chi connectivity index (χ4n) is 2.25. The van der Waals surface area contributed by atoms with Gasteiger partial charge in [0.25, 0.3) is 0 Å². The number of benzene rings is 1. The van der Waals surface area contributed by atoms with Crippen molar-refractivity contribution in [2.75, 3.05) is 33.4 Å². The highest BCUT2D eigenvalue weighted by atomic mass is 35.5. The molecule has 1 aromatic rings. The molecule has 1 saturated heterocycles. The number of amides is 1. The molecular formula is C15H23ClN2O3. The molecule has 0 saturated carbocycles. The molecule has 2 N–H and O–H groups in total. The zero-order valence-electron chi connectivity index (χ0n) is 12.3. The molecule has 0 spiro atoms. The van der Waals surface area contributed by atoms with Gasteiger partial charge in [0.05, 0.1) is 12.1 Å². The van der Waals surface area contributed by atoms with Crippen LogP contribution in [0.1, 0.15) is 12.8 Å². The van der Waals surface area contributed by atoms with Crippen LogP contribution in [0.25, 0.3) is 0 Å². The maximum atomic E-state index is 12.4. The first-order chi connectivity index (χ1) is 9.62. The average Bonchev–Trinajstić information content (AvgIpc) is 2.48. The molecule has 1 heterocycles. The fraction of sp³-hybridized carbons (Fsp3) is 0.533. The van der Waals surface area contributed by atoms with E-state index in [1.54, 1.807) is 11.9 Å². The van der Waals surface area contributed by atoms with Crippen molar-refractivity contribution in [3.8, 4) is 5.75 Å². The standard InChI is InChI=1S/C15H22N2O3.ClH/c1-17(9-12-20-13-5-3-2-4-6-13)14(18)15(16)7-10-19-11-8-15;/h2-6H,7-12,16H2,1H3;1H. The van der Waals surface area contributed by atoms with Crippen molar-refractivity contribution >= 4 is 18.3 Å². The number of carbonyl (C=O) groups excluding carboxylic acids is 1. The minimum atomic E-state index is -0.778. The lowest BCUT2D eigenvalue weighted by atomic mass is 9.90. The maximum Gasteiger partial charge on any atom is 0.242 e. The lowest BCUT2D eigenvalue weighted by Gasteiger charge is -2.35. The molecule has 21 heavy (non-hydrogen) atoms. The van der Waals surface area contributed by atoms with Gasteiger partial charge < -0.3 is 20.1 Å². The Morgan fingerprint density at radius 1 is 1.33 bits per heavy atom. The van der Waals surface area contributed by atoms with Crippen molar-refractivity contribution in [1.29, 1.82) is 0 Å². The molecule has 0 aromatic heterocycles. The molecule has 1 amide bonds. The summed E-state index contributed by atoms with van der Waals surface area (Å²) in [6, 6.07) is 9.56. The number of hydrogen-bond acceptors (Lipinski definition) is 4. The van der Waals surface area contributed by atoms with Gasteiger partial charge in [0.15, 0.2) is 0 Å². The molecule has 0 aliphatic carbocycles. The van der Waals surface area contributed by atoms with Gasteiger partial charge in [-0.05, 0) is 25.0 Å². The molecule has 2 rings (SSSR count). The number of ether oxygens (including phenoxy) is 2. The van der Waals surface area contributed by atoms with Crippen LogP contribution in [-0.2, 0) is 9.53 Å². The molecule has 6 heteroatoms. The Morgan fingerprint density at radius 2 is 1.95 bits per heavy atom. The predicted molar refractivity (Wildman–Crippen MR) is 83.8 cm³/mol. The first-order valence-electron chi connectivity index (χ1n) is 6.92. The van der Waals surface area contributed by atoms with Crippen LogP contribution in [0, 0.1) is 0 Å². The molecule has 1 aliphatic heterocycles. The minimum Gasteiger partial charge on any atom is -0.492 e. The predicted octanol–water partition coefficient (Wildman–Crippen LogP) is 1.45. The molecule has 0 radical (unpaired) electrons. The van der Waals surface area contributed by atoms with Crippen molar-refractivity contribution < 1.29 is 14.3 Å². The van der Waals surface area contributed by atoms with Crippen LogP contribution >= 0.6 is 12.4 Å². The van der Waals surface area contributed by atoms with Crippen molar-refractivity contribution in [1.82, 2.24) is 4.90 Å². The third-order valence-electron chi connectivity index (χ3n) is 3.60. The fourth-order valence-corrected chi connectivity index (χ4v) is 2.25. The summed E-state index contributed by atoms with van der Waals surface area (Å²) in [5, 5.41) is 0. The van der Waals surface area contributed by atoms with E-state index in [0.29, 0.717) is 39.2 Å². The third-order valence-corrected chi connectivity index (χ3v) is 3.60. The Kier molecular flexibility index (Phi) is 6.95. The first kappa shape index (κ1) is 17.8. The summed E-state index contributed by atoms with van der Waals surface area (Å²) < 4.78 is 10.8. The van der Waals surface area contributed by atoms with Crippen molar-refractivity contribution in [3.63, 3.8) is 0 Å². The van der Waals surface area contributed by atoms with Gasteiger partial charge >= 0.3 is 0 Å². The molecule has 118 valence electrons. The van der Waals surface area contributed by atoms with Crippen LogP contribution in [0.3, 0.4) is 0 Å². The summed E-state index contributed by atoms with van der Waals surface area (Å²) in [5.74, 6) is 0.777. The number of carbonyl (C=O) groups is 1. The first-order valence-corrected chi connectivity index (χ1v) is 6.92. The molecule has 1 aromatic carbocycles. The Bertz CT molecular complexity index is 436. The van der Waals surface area contributed by atoms with Crippen LogP contribution in [0.5, 0.6) is 5.75 Å². The summed E-state index contributed by atoms with van der Waals surface area (Å²) in [6.07, 6.45) is 1.16. The van der Waals surface area contributed by atoms with Crippen molar-refractivity contribution in [2.45, 2.75) is 18.4 Å². The lowest BCUT2D eigenvalue weighted by molar-refractivity contribution is -0.139. The van der Waals surface area contributed by atoms with Crippen LogP contribution in [0.4, 0.5) is 0 Å². The topological polar surface area (TPSA) is 64.8 Å². The third kappa shape index (κ3) is 4.88. The van der Waals surface area contributed by atoms with Gasteiger partial charge in [-0.25, -0.2) is 0 Å². The Balaban J connectivity index is 0.00000220. The van der Waals surface area contributed by atoms with E-state index in [2.05, 4.69) is 0 Å². The van der Waals surface area contributed by atoms with E-state index in [0.717, 1.165) is 5.75 Å². The largest absolute Gasteiger partial charge is 0.492 e. The second kappa shape index (κ2) is 8.22. The van der Waals surface area contributed by atoms with Crippen LogP contribution in [-0.4, -0.2) is 49.8 Å². The van der Waals surface area contributed by atoms with E-state index in [-0.39, 0.29) is 18.3 Å². The highest BCUT2D eigenvalue weighted by Gasteiger charge is 2.37. The Morgan fingerprint density at radius 3 is 2.57 bits per heavy atom. The van der Waals surface area contributed by atoms with E-state index in [4.69, 9.17) is 15.2 Å². The molecule has 1 aliphatic rings. The summed E-state index contributed by atoms with van der Waals surface area (Å²) >= 11 is 0. The van der Waals surface area contributed by atoms with E-state index in [1.165, 1.54) is 0 Å². The zero-order valence-corrected chi connectivity index (χ0v) is 13.1. The Labute approximate surface area is 131 Å². The molecule has 1 fully saturated rings. The highest BCUT2D eigenvalue weighted by Crippen LogP contribution is 2.20. The summed E-state index contributed by atoms with van der Waals surface area (Å²) in [7, 11) is 1.76. The summed E-state index contributed by atoms with van der Waals surface area (Å²) in [4.78, 5) is 14.0. The van der Waals surface area contributed by atoms with E-state index >= 15 is 0 Å². The average molecular weight is 315 g/mol. The summed E-state index contributed by atoms with van der Waals surface area (Å²) in [5.41, 5.74) is 5.40. The van der Waals surface area contributed by atoms with Crippen molar-refractivity contribution in [3.05, 3.63) is 30.3 Å². The van der Waals surface area contributed by atoms with Gasteiger partial charge in [-0.15, -0.1) is 12.4 Å².